The lowest BCUT2D eigenvalue weighted by Gasteiger charge is -2.26. The second kappa shape index (κ2) is 5.18. The number of benzene rings is 1. The lowest BCUT2D eigenvalue weighted by molar-refractivity contribution is 0.253. The maximum absolute atomic E-state index is 5.64. The molecule has 0 amide bonds. The molecule has 0 spiro atoms. The zero-order valence-electron chi connectivity index (χ0n) is 10.1. The molecular formula is C13H16N4O. The van der Waals surface area contributed by atoms with E-state index < -0.39 is 0 Å². The number of ether oxygens (including phenoxy) is 1. The van der Waals surface area contributed by atoms with Crippen molar-refractivity contribution < 1.29 is 4.74 Å². The molecule has 1 aromatic heterocycles. The lowest BCUT2D eigenvalue weighted by Crippen LogP contribution is -2.28. The molecule has 0 saturated heterocycles. The van der Waals surface area contributed by atoms with Gasteiger partial charge in [0, 0.05) is 31.0 Å². The van der Waals surface area contributed by atoms with E-state index in [0.29, 0.717) is 6.04 Å². The van der Waals surface area contributed by atoms with Gasteiger partial charge in [0.05, 0.1) is 6.61 Å². The largest absolute Gasteiger partial charge is 0.493 e. The summed E-state index contributed by atoms with van der Waals surface area (Å²) in [4.78, 5) is 4.11. The van der Waals surface area contributed by atoms with Crippen LogP contribution in [-0.2, 0) is 6.42 Å². The number of aromatic amines is 1. The molecule has 2 heterocycles. The Labute approximate surface area is 106 Å². The molecule has 3 rings (SSSR count). The van der Waals surface area contributed by atoms with Gasteiger partial charge < -0.3 is 10.1 Å². The molecule has 1 aliphatic heterocycles. The van der Waals surface area contributed by atoms with Gasteiger partial charge in [-0.25, -0.2) is 4.98 Å². The van der Waals surface area contributed by atoms with E-state index in [0.717, 1.165) is 37.6 Å². The van der Waals surface area contributed by atoms with Gasteiger partial charge in [-0.2, -0.15) is 5.10 Å². The third-order valence-electron chi connectivity index (χ3n) is 3.18. The van der Waals surface area contributed by atoms with Crippen LogP contribution in [-0.4, -0.2) is 28.3 Å². The summed E-state index contributed by atoms with van der Waals surface area (Å²) >= 11 is 0. The molecule has 1 unspecified atom stereocenters. The molecule has 0 saturated carbocycles. The number of hydrogen-bond acceptors (Lipinski definition) is 4. The van der Waals surface area contributed by atoms with Crippen molar-refractivity contribution in [1.82, 2.24) is 20.5 Å². The van der Waals surface area contributed by atoms with Crippen molar-refractivity contribution >= 4 is 0 Å². The molecule has 1 aliphatic rings. The number of para-hydroxylation sites is 1. The highest BCUT2D eigenvalue weighted by molar-refractivity contribution is 5.37. The fourth-order valence-electron chi connectivity index (χ4n) is 2.27. The minimum absolute atomic E-state index is 0.373. The second-order valence-electron chi connectivity index (χ2n) is 4.36. The first-order valence-corrected chi connectivity index (χ1v) is 6.23. The van der Waals surface area contributed by atoms with Gasteiger partial charge >= 0.3 is 0 Å². The number of hydrogen-bond donors (Lipinski definition) is 2. The normalized spacial score (nSPS) is 18.1. The lowest BCUT2D eigenvalue weighted by atomic mass is 10.0. The van der Waals surface area contributed by atoms with E-state index in [1.807, 2.05) is 12.1 Å². The van der Waals surface area contributed by atoms with Gasteiger partial charge in [0.2, 0.25) is 0 Å². The molecule has 0 radical (unpaired) electrons. The third kappa shape index (κ3) is 2.36. The minimum atomic E-state index is 0.373. The summed E-state index contributed by atoms with van der Waals surface area (Å²) in [7, 11) is 0. The summed E-state index contributed by atoms with van der Waals surface area (Å²) < 4.78 is 5.64. The molecule has 2 N–H and O–H groups in total. The Hall–Kier alpha value is -1.88. The van der Waals surface area contributed by atoms with Crippen LogP contribution in [0.4, 0.5) is 0 Å². The van der Waals surface area contributed by atoms with Crippen LogP contribution >= 0.6 is 0 Å². The van der Waals surface area contributed by atoms with E-state index in [1.165, 1.54) is 5.56 Å². The van der Waals surface area contributed by atoms with Crippen LogP contribution < -0.4 is 10.1 Å². The van der Waals surface area contributed by atoms with Gasteiger partial charge in [-0.05, 0) is 6.07 Å². The predicted octanol–water partition coefficient (Wildman–Crippen LogP) is 1.46. The molecule has 0 aliphatic carbocycles. The van der Waals surface area contributed by atoms with Crippen LogP contribution in [0.2, 0.25) is 0 Å². The van der Waals surface area contributed by atoms with E-state index in [4.69, 9.17) is 4.74 Å². The standard InChI is InChI=1S/C13H16N4O/c1-2-4-12-10(3-1)11(6-8-18-12)14-7-5-13-15-9-16-17-13/h1-4,9,11,14H,5-8H2,(H,15,16,17). The number of nitrogens with one attached hydrogen (secondary N) is 2. The summed E-state index contributed by atoms with van der Waals surface area (Å²) in [5.41, 5.74) is 1.25. The molecule has 0 bridgehead atoms. The van der Waals surface area contributed by atoms with E-state index in [-0.39, 0.29) is 0 Å². The average molecular weight is 244 g/mol. The molecule has 18 heavy (non-hydrogen) atoms. The molecule has 2 aromatic rings. The van der Waals surface area contributed by atoms with Gasteiger partial charge in [0.15, 0.2) is 0 Å². The van der Waals surface area contributed by atoms with E-state index in [2.05, 4.69) is 32.6 Å². The molecular weight excluding hydrogens is 228 g/mol. The summed E-state index contributed by atoms with van der Waals surface area (Å²) in [6, 6.07) is 8.59. The topological polar surface area (TPSA) is 62.8 Å². The Morgan fingerprint density at radius 3 is 3.22 bits per heavy atom. The number of H-pyrrole nitrogens is 1. The highest BCUT2D eigenvalue weighted by atomic mass is 16.5. The first-order chi connectivity index (χ1) is 8.93. The highest BCUT2D eigenvalue weighted by Gasteiger charge is 2.19. The van der Waals surface area contributed by atoms with Gasteiger partial charge in [0.1, 0.15) is 17.9 Å². The van der Waals surface area contributed by atoms with E-state index >= 15 is 0 Å². The average Bonchev–Trinajstić information content (AvgIpc) is 2.92. The Morgan fingerprint density at radius 2 is 2.33 bits per heavy atom. The van der Waals surface area contributed by atoms with Gasteiger partial charge in [-0.3, -0.25) is 5.10 Å². The first-order valence-electron chi connectivity index (χ1n) is 6.23. The maximum Gasteiger partial charge on any atom is 0.137 e. The van der Waals surface area contributed by atoms with Crippen molar-refractivity contribution in [3.05, 3.63) is 42.0 Å². The zero-order chi connectivity index (χ0) is 12.2. The van der Waals surface area contributed by atoms with Crippen LogP contribution in [0.25, 0.3) is 0 Å². The van der Waals surface area contributed by atoms with Crippen LogP contribution in [0.5, 0.6) is 5.75 Å². The summed E-state index contributed by atoms with van der Waals surface area (Å²) in [6.07, 6.45) is 3.41. The predicted molar refractivity (Wildman–Crippen MR) is 67.4 cm³/mol. The van der Waals surface area contributed by atoms with E-state index in [9.17, 15) is 0 Å². The summed E-state index contributed by atoms with van der Waals surface area (Å²) in [5, 5.41) is 10.3. The molecule has 5 heteroatoms. The molecule has 1 atom stereocenters. The quantitative estimate of drug-likeness (QED) is 0.854. The fraction of sp³-hybridized carbons (Fsp3) is 0.385. The maximum atomic E-state index is 5.64. The molecule has 0 fully saturated rings. The van der Waals surface area contributed by atoms with Crippen LogP contribution in [0.1, 0.15) is 23.9 Å². The van der Waals surface area contributed by atoms with Crippen molar-refractivity contribution in [1.29, 1.82) is 0 Å². The van der Waals surface area contributed by atoms with Gasteiger partial charge in [0.25, 0.3) is 0 Å². The Bertz CT molecular complexity index is 497. The van der Waals surface area contributed by atoms with Crippen molar-refractivity contribution in [2.75, 3.05) is 13.2 Å². The smallest absolute Gasteiger partial charge is 0.137 e. The monoisotopic (exact) mass is 244 g/mol. The summed E-state index contributed by atoms with van der Waals surface area (Å²) in [5.74, 6) is 1.92. The van der Waals surface area contributed by atoms with Crippen molar-refractivity contribution in [2.45, 2.75) is 18.9 Å². The molecule has 5 nitrogen and oxygen atoms in total. The Balaban J connectivity index is 1.60. The van der Waals surface area contributed by atoms with E-state index in [1.54, 1.807) is 6.33 Å². The van der Waals surface area contributed by atoms with Gasteiger partial charge in [-0.1, -0.05) is 18.2 Å². The number of fused-ring (bicyclic) bond motifs is 1. The van der Waals surface area contributed by atoms with Crippen LogP contribution in [0.3, 0.4) is 0 Å². The first kappa shape index (κ1) is 11.2. The van der Waals surface area contributed by atoms with Crippen molar-refractivity contribution in [3.8, 4) is 5.75 Å². The number of aromatic nitrogens is 3. The zero-order valence-corrected chi connectivity index (χ0v) is 10.1. The van der Waals surface area contributed by atoms with Crippen LogP contribution in [0.15, 0.2) is 30.6 Å². The Morgan fingerprint density at radius 1 is 1.39 bits per heavy atom. The second-order valence-corrected chi connectivity index (χ2v) is 4.36. The van der Waals surface area contributed by atoms with Gasteiger partial charge in [-0.15, -0.1) is 0 Å². The number of rotatable bonds is 4. The number of nitrogens with zero attached hydrogens (tertiary/aromatic N) is 2. The highest BCUT2D eigenvalue weighted by Crippen LogP contribution is 2.31. The van der Waals surface area contributed by atoms with Crippen LogP contribution in [0, 0.1) is 0 Å². The molecule has 94 valence electrons. The summed E-state index contributed by atoms with van der Waals surface area (Å²) in [6.45, 7) is 1.66. The Kier molecular flexibility index (Phi) is 3.23. The fourth-order valence-corrected chi connectivity index (χ4v) is 2.27. The SMILES string of the molecule is c1ccc2c(c1)OCCC2NCCc1ncn[nH]1. The van der Waals surface area contributed by atoms with Crippen molar-refractivity contribution in [3.63, 3.8) is 0 Å². The van der Waals surface area contributed by atoms with Crippen molar-refractivity contribution in [2.24, 2.45) is 0 Å². The minimum Gasteiger partial charge on any atom is -0.493 e. The third-order valence-corrected chi connectivity index (χ3v) is 3.18. The molecule has 1 aromatic carbocycles.